The number of ether oxygens (including phenoxy) is 2. The summed E-state index contributed by atoms with van der Waals surface area (Å²) >= 11 is 6.17. The van der Waals surface area contributed by atoms with Crippen LogP contribution >= 0.6 is 11.6 Å². The molecule has 0 radical (unpaired) electrons. The Morgan fingerprint density at radius 1 is 1.00 bits per heavy atom. The Bertz CT molecular complexity index is 963. The molecule has 0 fully saturated rings. The van der Waals surface area contributed by atoms with E-state index in [9.17, 15) is 4.79 Å². The second-order valence-electron chi connectivity index (χ2n) is 6.78. The molecule has 146 valence electrons. The molecule has 3 aromatic carbocycles. The summed E-state index contributed by atoms with van der Waals surface area (Å²) in [5, 5.41) is 5.85. The average molecular weight is 398 g/mol. The number of aryl methyl sites for hydroxylation is 2. The summed E-state index contributed by atoms with van der Waals surface area (Å²) in [5.41, 5.74) is 1.85. The molecule has 1 atom stereocenters. The van der Waals surface area contributed by atoms with Crippen LogP contribution in [-0.2, 0) is 4.79 Å². The molecule has 0 saturated carbocycles. The highest BCUT2D eigenvalue weighted by Crippen LogP contribution is 2.26. The normalized spacial score (nSPS) is 11.9. The lowest BCUT2D eigenvalue weighted by Gasteiger charge is -2.16. The number of carbonyl (C=O) groups excluding carboxylic acids is 1. The first kappa shape index (κ1) is 20.0. The molecular weight excluding hydrogens is 374 g/mol. The van der Waals surface area contributed by atoms with Gasteiger partial charge in [0.2, 0.25) is 0 Å². The van der Waals surface area contributed by atoms with Crippen LogP contribution in [0.15, 0.2) is 54.6 Å². The SMILES string of the molecule is Cc1cc(O[C@@H](C)C(=O)NCCOc2ccc3ccccc3c2)cc(C)c1Cl. The average Bonchev–Trinajstić information content (AvgIpc) is 2.69. The van der Waals surface area contributed by atoms with Crippen molar-refractivity contribution in [3.63, 3.8) is 0 Å². The highest BCUT2D eigenvalue weighted by molar-refractivity contribution is 6.32. The van der Waals surface area contributed by atoms with E-state index in [1.165, 1.54) is 5.39 Å². The van der Waals surface area contributed by atoms with Crippen molar-refractivity contribution in [1.82, 2.24) is 5.32 Å². The molecule has 0 saturated heterocycles. The summed E-state index contributed by atoms with van der Waals surface area (Å²) in [6, 6.07) is 17.7. The molecule has 3 rings (SSSR count). The largest absolute Gasteiger partial charge is 0.492 e. The van der Waals surface area contributed by atoms with Gasteiger partial charge in [-0.05, 0) is 66.9 Å². The maximum absolute atomic E-state index is 12.3. The lowest BCUT2D eigenvalue weighted by molar-refractivity contribution is -0.127. The van der Waals surface area contributed by atoms with Crippen LogP contribution in [0.3, 0.4) is 0 Å². The van der Waals surface area contributed by atoms with Gasteiger partial charge in [0, 0.05) is 5.02 Å². The molecule has 1 amide bonds. The summed E-state index contributed by atoms with van der Waals surface area (Å²) in [7, 11) is 0. The number of hydrogen-bond acceptors (Lipinski definition) is 3. The Morgan fingerprint density at radius 2 is 1.68 bits per heavy atom. The topological polar surface area (TPSA) is 47.6 Å². The predicted molar refractivity (Wildman–Crippen MR) is 113 cm³/mol. The quantitative estimate of drug-likeness (QED) is 0.566. The molecule has 0 bridgehead atoms. The minimum atomic E-state index is -0.611. The van der Waals surface area contributed by atoms with Gasteiger partial charge < -0.3 is 14.8 Å². The van der Waals surface area contributed by atoms with Crippen molar-refractivity contribution < 1.29 is 14.3 Å². The maximum atomic E-state index is 12.3. The molecule has 4 nitrogen and oxygen atoms in total. The van der Waals surface area contributed by atoms with E-state index in [1.54, 1.807) is 6.92 Å². The van der Waals surface area contributed by atoms with E-state index < -0.39 is 6.10 Å². The van der Waals surface area contributed by atoms with Gasteiger partial charge in [0.15, 0.2) is 6.10 Å². The molecule has 0 aliphatic rings. The maximum Gasteiger partial charge on any atom is 0.260 e. The van der Waals surface area contributed by atoms with Gasteiger partial charge in [-0.25, -0.2) is 0 Å². The summed E-state index contributed by atoms with van der Waals surface area (Å²) in [5.74, 6) is 1.23. The lowest BCUT2D eigenvalue weighted by atomic mass is 10.1. The van der Waals surface area contributed by atoms with E-state index in [4.69, 9.17) is 21.1 Å². The van der Waals surface area contributed by atoms with Gasteiger partial charge >= 0.3 is 0 Å². The Kier molecular flexibility index (Phi) is 6.42. The number of nitrogens with one attached hydrogen (secondary N) is 1. The molecule has 0 aliphatic heterocycles. The Balaban J connectivity index is 1.46. The molecule has 5 heteroatoms. The van der Waals surface area contributed by atoms with E-state index in [0.717, 1.165) is 27.3 Å². The van der Waals surface area contributed by atoms with Crippen molar-refractivity contribution in [1.29, 1.82) is 0 Å². The molecule has 0 aromatic heterocycles. The van der Waals surface area contributed by atoms with E-state index in [2.05, 4.69) is 11.4 Å². The molecule has 1 N–H and O–H groups in total. The summed E-state index contributed by atoms with van der Waals surface area (Å²) in [6.07, 6.45) is -0.611. The van der Waals surface area contributed by atoms with Crippen molar-refractivity contribution in [2.24, 2.45) is 0 Å². The number of fused-ring (bicyclic) bond motifs is 1. The number of hydrogen-bond donors (Lipinski definition) is 1. The van der Waals surface area contributed by atoms with Crippen molar-refractivity contribution >= 4 is 28.3 Å². The predicted octanol–water partition coefficient (Wildman–Crippen LogP) is 5.07. The zero-order valence-electron chi connectivity index (χ0n) is 16.3. The number of halogens is 1. The van der Waals surface area contributed by atoms with E-state index in [1.807, 2.05) is 62.4 Å². The molecule has 0 unspecified atom stereocenters. The third-order valence-electron chi connectivity index (χ3n) is 4.48. The third kappa shape index (κ3) is 4.96. The minimum absolute atomic E-state index is 0.188. The summed E-state index contributed by atoms with van der Waals surface area (Å²) in [6.45, 7) is 6.33. The van der Waals surface area contributed by atoms with Crippen LogP contribution < -0.4 is 14.8 Å². The van der Waals surface area contributed by atoms with Gasteiger partial charge in [-0.15, -0.1) is 0 Å². The lowest BCUT2D eigenvalue weighted by Crippen LogP contribution is -2.38. The van der Waals surface area contributed by atoms with Crippen molar-refractivity contribution in [2.75, 3.05) is 13.2 Å². The first-order valence-corrected chi connectivity index (χ1v) is 9.64. The van der Waals surface area contributed by atoms with Crippen LogP contribution in [0, 0.1) is 13.8 Å². The first-order chi connectivity index (χ1) is 13.4. The second kappa shape index (κ2) is 8.98. The van der Waals surface area contributed by atoms with Crippen LogP contribution in [0.25, 0.3) is 10.8 Å². The van der Waals surface area contributed by atoms with E-state index in [0.29, 0.717) is 18.9 Å². The number of rotatable bonds is 7. The molecule has 3 aromatic rings. The fraction of sp³-hybridized carbons (Fsp3) is 0.261. The van der Waals surface area contributed by atoms with Crippen LogP contribution in [-0.4, -0.2) is 25.2 Å². The van der Waals surface area contributed by atoms with Gasteiger partial charge in [-0.3, -0.25) is 4.79 Å². The van der Waals surface area contributed by atoms with Gasteiger partial charge in [0.25, 0.3) is 5.91 Å². The molecule has 0 heterocycles. The fourth-order valence-electron chi connectivity index (χ4n) is 2.98. The van der Waals surface area contributed by atoms with E-state index >= 15 is 0 Å². The van der Waals surface area contributed by atoms with Gasteiger partial charge in [0.05, 0.1) is 6.54 Å². The van der Waals surface area contributed by atoms with Crippen LogP contribution in [0.5, 0.6) is 11.5 Å². The fourth-order valence-corrected chi connectivity index (χ4v) is 3.08. The minimum Gasteiger partial charge on any atom is -0.492 e. The van der Waals surface area contributed by atoms with Crippen LogP contribution in [0.2, 0.25) is 5.02 Å². The van der Waals surface area contributed by atoms with Gasteiger partial charge in [-0.2, -0.15) is 0 Å². The standard InChI is InChI=1S/C23H24ClNO3/c1-15-12-21(13-16(2)22(15)24)28-17(3)23(26)25-10-11-27-20-9-8-18-6-4-5-7-19(18)14-20/h4-9,12-14,17H,10-11H2,1-3H3,(H,25,26)/t17-/m0/s1. The summed E-state index contributed by atoms with van der Waals surface area (Å²) in [4.78, 5) is 12.3. The van der Waals surface area contributed by atoms with E-state index in [-0.39, 0.29) is 5.91 Å². The molecular formula is C23H24ClNO3. The zero-order valence-corrected chi connectivity index (χ0v) is 17.0. The zero-order chi connectivity index (χ0) is 20.1. The first-order valence-electron chi connectivity index (χ1n) is 9.27. The highest BCUT2D eigenvalue weighted by atomic mass is 35.5. The Labute approximate surface area is 170 Å². The smallest absolute Gasteiger partial charge is 0.260 e. The Hall–Kier alpha value is -2.72. The van der Waals surface area contributed by atoms with Gasteiger partial charge in [-0.1, -0.05) is 41.9 Å². The van der Waals surface area contributed by atoms with Crippen LogP contribution in [0.1, 0.15) is 18.1 Å². The number of carbonyl (C=O) groups is 1. The molecule has 0 aliphatic carbocycles. The Morgan fingerprint density at radius 3 is 2.39 bits per heavy atom. The highest BCUT2D eigenvalue weighted by Gasteiger charge is 2.15. The van der Waals surface area contributed by atoms with Crippen molar-refractivity contribution in [3.8, 4) is 11.5 Å². The van der Waals surface area contributed by atoms with Crippen molar-refractivity contribution in [2.45, 2.75) is 26.9 Å². The molecule has 28 heavy (non-hydrogen) atoms. The number of amides is 1. The third-order valence-corrected chi connectivity index (χ3v) is 5.08. The van der Waals surface area contributed by atoms with Crippen molar-refractivity contribution in [3.05, 3.63) is 70.7 Å². The van der Waals surface area contributed by atoms with Crippen LogP contribution in [0.4, 0.5) is 0 Å². The second-order valence-corrected chi connectivity index (χ2v) is 7.16. The number of benzene rings is 3. The monoisotopic (exact) mass is 397 g/mol. The molecule has 0 spiro atoms. The van der Waals surface area contributed by atoms with Gasteiger partial charge in [0.1, 0.15) is 18.1 Å². The summed E-state index contributed by atoms with van der Waals surface area (Å²) < 4.78 is 11.5.